The van der Waals surface area contributed by atoms with E-state index >= 15 is 0 Å². The van der Waals surface area contributed by atoms with E-state index in [0.29, 0.717) is 37.2 Å². The molecule has 0 spiro atoms. The predicted molar refractivity (Wildman–Crippen MR) is 130 cm³/mol. The second-order valence-electron chi connectivity index (χ2n) is 8.02. The SMILES string of the molecule is CC(C(=O)Nc1cccc2ccccc12)N1CCN(S(=O)(=O)c2cccc3nsnc23)CC1. The van der Waals surface area contributed by atoms with E-state index in [0.717, 1.165) is 28.2 Å². The van der Waals surface area contributed by atoms with Crippen LogP contribution in [0.15, 0.2) is 65.6 Å². The van der Waals surface area contributed by atoms with E-state index in [-0.39, 0.29) is 16.8 Å². The number of nitrogens with one attached hydrogen (secondary N) is 1. The van der Waals surface area contributed by atoms with Crippen molar-refractivity contribution in [1.82, 2.24) is 18.0 Å². The van der Waals surface area contributed by atoms with Crippen molar-refractivity contribution in [3.63, 3.8) is 0 Å². The number of aromatic nitrogens is 2. The maximum absolute atomic E-state index is 13.2. The van der Waals surface area contributed by atoms with Gasteiger partial charge < -0.3 is 5.32 Å². The summed E-state index contributed by atoms with van der Waals surface area (Å²) >= 11 is 1.00. The van der Waals surface area contributed by atoms with Crippen molar-refractivity contribution >= 4 is 55.2 Å². The van der Waals surface area contributed by atoms with E-state index in [9.17, 15) is 13.2 Å². The molecule has 1 aliphatic heterocycles. The summed E-state index contributed by atoms with van der Waals surface area (Å²) in [5.74, 6) is -0.110. The number of amides is 1. The molecule has 2 heterocycles. The first kappa shape index (κ1) is 21.9. The fourth-order valence-corrected chi connectivity index (χ4v) is 6.37. The Bertz CT molecular complexity index is 1420. The minimum absolute atomic E-state index is 0.110. The number of nitrogens with zero attached hydrogens (tertiary/aromatic N) is 4. The van der Waals surface area contributed by atoms with E-state index in [1.54, 1.807) is 18.2 Å². The maximum Gasteiger partial charge on any atom is 0.245 e. The smallest absolute Gasteiger partial charge is 0.245 e. The summed E-state index contributed by atoms with van der Waals surface area (Å²) in [7, 11) is -3.69. The topological polar surface area (TPSA) is 95.5 Å². The number of rotatable bonds is 5. The quantitative estimate of drug-likeness (QED) is 0.470. The number of anilines is 1. The number of fused-ring (bicyclic) bond motifs is 2. The van der Waals surface area contributed by atoms with Gasteiger partial charge in [0.15, 0.2) is 0 Å². The lowest BCUT2D eigenvalue weighted by Gasteiger charge is -2.36. The van der Waals surface area contributed by atoms with Gasteiger partial charge in [0.05, 0.1) is 17.8 Å². The normalized spacial score (nSPS) is 16.8. The Hall–Kier alpha value is -2.92. The number of carbonyl (C=O) groups is 1. The van der Waals surface area contributed by atoms with Gasteiger partial charge in [-0.3, -0.25) is 9.69 Å². The van der Waals surface area contributed by atoms with Crippen LogP contribution in [-0.2, 0) is 14.8 Å². The van der Waals surface area contributed by atoms with Crippen molar-refractivity contribution in [2.24, 2.45) is 0 Å². The molecule has 1 saturated heterocycles. The molecule has 1 unspecified atom stereocenters. The molecule has 1 amide bonds. The van der Waals surface area contributed by atoms with Crippen LogP contribution in [0.1, 0.15) is 6.92 Å². The van der Waals surface area contributed by atoms with Crippen LogP contribution in [0.5, 0.6) is 0 Å². The van der Waals surface area contributed by atoms with Gasteiger partial charge in [0.25, 0.3) is 0 Å². The van der Waals surface area contributed by atoms with Crippen molar-refractivity contribution < 1.29 is 13.2 Å². The molecule has 10 heteroatoms. The highest BCUT2D eigenvalue weighted by Crippen LogP contribution is 2.26. The van der Waals surface area contributed by atoms with Gasteiger partial charge in [-0.15, -0.1) is 0 Å². The van der Waals surface area contributed by atoms with Gasteiger partial charge in [-0.25, -0.2) is 8.42 Å². The maximum atomic E-state index is 13.2. The molecule has 0 saturated carbocycles. The first-order valence-electron chi connectivity index (χ1n) is 10.7. The molecule has 0 aliphatic carbocycles. The zero-order valence-corrected chi connectivity index (χ0v) is 19.6. The molecule has 3 aromatic carbocycles. The molecule has 33 heavy (non-hydrogen) atoms. The monoisotopic (exact) mass is 481 g/mol. The lowest BCUT2D eigenvalue weighted by atomic mass is 10.1. The number of hydrogen-bond acceptors (Lipinski definition) is 7. The lowest BCUT2D eigenvalue weighted by molar-refractivity contribution is -0.121. The van der Waals surface area contributed by atoms with Crippen LogP contribution >= 0.6 is 11.7 Å². The Morgan fingerprint density at radius 1 is 0.970 bits per heavy atom. The van der Waals surface area contributed by atoms with E-state index < -0.39 is 10.0 Å². The summed E-state index contributed by atoms with van der Waals surface area (Å²) in [4.78, 5) is 15.2. The number of piperazine rings is 1. The van der Waals surface area contributed by atoms with Crippen molar-refractivity contribution in [1.29, 1.82) is 0 Å². The summed E-state index contributed by atoms with van der Waals surface area (Å²) in [6.45, 7) is 3.40. The molecule has 1 atom stereocenters. The highest BCUT2D eigenvalue weighted by atomic mass is 32.2. The Morgan fingerprint density at radius 3 is 2.52 bits per heavy atom. The molecule has 0 radical (unpaired) electrons. The summed E-state index contributed by atoms with van der Waals surface area (Å²) < 4.78 is 36.3. The van der Waals surface area contributed by atoms with Gasteiger partial charge in [0.1, 0.15) is 15.9 Å². The summed E-state index contributed by atoms with van der Waals surface area (Å²) in [5.41, 5.74) is 1.77. The molecule has 5 rings (SSSR count). The molecule has 1 N–H and O–H groups in total. The van der Waals surface area contributed by atoms with E-state index in [4.69, 9.17) is 0 Å². The largest absolute Gasteiger partial charge is 0.324 e. The zero-order valence-electron chi connectivity index (χ0n) is 18.0. The fourth-order valence-electron chi connectivity index (χ4n) is 4.20. The molecular weight excluding hydrogens is 458 g/mol. The summed E-state index contributed by atoms with van der Waals surface area (Å²) in [6, 6.07) is 18.4. The zero-order chi connectivity index (χ0) is 23.0. The van der Waals surface area contributed by atoms with Crippen LogP contribution in [0.3, 0.4) is 0 Å². The number of carbonyl (C=O) groups excluding carboxylic acids is 1. The van der Waals surface area contributed by atoms with Crippen molar-refractivity contribution in [3.8, 4) is 0 Å². The molecule has 1 aromatic heterocycles. The third kappa shape index (κ3) is 4.10. The van der Waals surface area contributed by atoms with Gasteiger partial charge in [-0.05, 0) is 30.5 Å². The lowest BCUT2D eigenvalue weighted by Crippen LogP contribution is -2.53. The van der Waals surface area contributed by atoms with Gasteiger partial charge in [0.2, 0.25) is 15.9 Å². The predicted octanol–water partition coefficient (Wildman–Crippen LogP) is 3.18. The highest BCUT2D eigenvalue weighted by molar-refractivity contribution is 7.89. The summed E-state index contributed by atoms with van der Waals surface area (Å²) in [6.07, 6.45) is 0. The van der Waals surface area contributed by atoms with Gasteiger partial charge in [-0.2, -0.15) is 13.1 Å². The third-order valence-corrected chi connectivity index (χ3v) is 8.59. The molecule has 170 valence electrons. The Balaban J connectivity index is 1.27. The molecule has 1 fully saturated rings. The van der Waals surface area contributed by atoms with E-state index in [1.165, 1.54) is 4.31 Å². The molecule has 1 aliphatic rings. The van der Waals surface area contributed by atoms with Crippen molar-refractivity contribution in [3.05, 3.63) is 60.7 Å². The molecule has 0 bridgehead atoms. The number of sulfonamides is 1. The first-order valence-corrected chi connectivity index (χ1v) is 12.9. The van der Waals surface area contributed by atoms with Gasteiger partial charge >= 0.3 is 0 Å². The molecule has 8 nitrogen and oxygen atoms in total. The van der Waals surface area contributed by atoms with Gasteiger partial charge in [0, 0.05) is 37.3 Å². The minimum atomic E-state index is -3.69. The van der Waals surface area contributed by atoms with Crippen LogP contribution in [-0.4, -0.2) is 64.5 Å². The Labute approximate surface area is 196 Å². The number of benzene rings is 3. The Kier molecular flexibility index (Phi) is 5.83. The van der Waals surface area contributed by atoms with Crippen LogP contribution in [0, 0.1) is 0 Å². The average molecular weight is 482 g/mol. The first-order chi connectivity index (χ1) is 15.9. The fraction of sp³-hybridized carbons (Fsp3) is 0.261. The Morgan fingerprint density at radius 2 is 1.70 bits per heavy atom. The van der Waals surface area contributed by atoms with Crippen molar-refractivity contribution in [2.45, 2.75) is 17.9 Å². The van der Waals surface area contributed by atoms with Crippen molar-refractivity contribution in [2.75, 3.05) is 31.5 Å². The average Bonchev–Trinajstić information content (AvgIpc) is 3.33. The van der Waals surface area contributed by atoms with Crippen LogP contribution in [0.4, 0.5) is 5.69 Å². The third-order valence-electron chi connectivity index (χ3n) is 6.11. The second-order valence-corrected chi connectivity index (χ2v) is 10.5. The number of hydrogen-bond donors (Lipinski definition) is 1. The summed E-state index contributed by atoms with van der Waals surface area (Å²) in [5, 5.41) is 5.09. The molecule has 4 aromatic rings. The highest BCUT2D eigenvalue weighted by Gasteiger charge is 2.33. The molecular formula is C23H23N5O3S2. The van der Waals surface area contributed by atoms with Crippen LogP contribution in [0.25, 0.3) is 21.8 Å². The minimum Gasteiger partial charge on any atom is -0.324 e. The van der Waals surface area contributed by atoms with Crippen LogP contribution in [0.2, 0.25) is 0 Å². The van der Waals surface area contributed by atoms with Crippen LogP contribution < -0.4 is 5.32 Å². The standard InChI is InChI=1S/C23H23N5O3S2/c1-16(23(29)24-19-9-4-7-17-6-2-3-8-18(17)19)27-12-14-28(15-13-27)33(30,31)21-11-5-10-20-22(21)26-32-25-20/h2-11,16H,12-15H2,1H3,(H,24,29). The van der Waals surface area contributed by atoms with E-state index in [1.807, 2.05) is 54.3 Å². The van der Waals surface area contributed by atoms with E-state index in [2.05, 4.69) is 14.1 Å². The second kappa shape index (κ2) is 8.79. The van der Waals surface area contributed by atoms with Gasteiger partial charge in [-0.1, -0.05) is 42.5 Å².